The van der Waals surface area contributed by atoms with E-state index in [1.165, 1.54) is 11.1 Å². The normalized spacial score (nSPS) is 31.5. The molecule has 4 rings (SSSR count). The van der Waals surface area contributed by atoms with E-state index in [9.17, 15) is 5.11 Å². The number of fused-ring (bicyclic) bond motifs is 2. The largest absolute Gasteiger partial charge is 0.497 e. The van der Waals surface area contributed by atoms with E-state index < -0.39 is 5.79 Å². The van der Waals surface area contributed by atoms with Crippen LogP contribution in [-0.2, 0) is 21.3 Å². The Morgan fingerprint density at radius 3 is 2.70 bits per heavy atom. The summed E-state index contributed by atoms with van der Waals surface area (Å²) >= 11 is 0. The second-order valence-corrected chi connectivity index (χ2v) is 6.82. The molecule has 3 aliphatic rings. The van der Waals surface area contributed by atoms with Gasteiger partial charge in [-0.25, -0.2) is 0 Å². The fourth-order valence-electron chi connectivity index (χ4n) is 4.52. The number of ether oxygens (including phenoxy) is 3. The molecule has 0 unspecified atom stereocenters. The maximum atomic E-state index is 9.97. The SMILES string of the molecule is COc1ccc2c(c1)CC[C@@H](CO)[C@]21C=CC2(CC1)OCCO2. The molecule has 4 nitrogen and oxygen atoms in total. The van der Waals surface area contributed by atoms with Crippen LogP contribution in [0.5, 0.6) is 5.75 Å². The number of aliphatic hydroxyl groups excluding tert-OH is 1. The molecule has 2 aliphatic carbocycles. The Morgan fingerprint density at radius 2 is 2.04 bits per heavy atom. The number of hydrogen-bond acceptors (Lipinski definition) is 4. The molecule has 1 aromatic carbocycles. The first kappa shape index (κ1) is 15.2. The highest BCUT2D eigenvalue weighted by atomic mass is 16.7. The van der Waals surface area contributed by atoms with Crippen molar-refractivity contribution in [1.82, 2.24) is 0 Å². The van der Waals surface area contributed by atoms with Crippen LogP contribution in [0.4, 0.5) is 0 Å². The van der Waals surface area contributed by atoms with E-state index in [1.807, 2.05) is 6.07 Å². The molecule has 4 heteroatoms. The van der Waals surface area contributed by atoms with E-state index in [1.54, 1.807) is 7.11 Å². The van der Waals surface area contributed by atoms with Crippen LogP contribution in [0.2, 0.25) is 0 Å². The van der Waals surface area contributed by atoms with Gasteiger partial charge in [-0.1, -0.05) is 12.1 Å². The van der Waals surface area contributed by atoms with Gasteiger partial charge in [0.25, 0.3) is 0 Å². The second kappa shape index (κ2) is 5.62. The Kier molecular flexibility index (Phi) is 3.71. The van der Waals surface area contributed by atoms with Crippen molar-refractivity contribution in [3.05, 3.63) is 41.5 Å². The Labute approximate surface area is 137 Å². The van der Waals surface area contributed by atoms with Crippen LogP contribution in [0.1, 0.15) is 30.4 Å². The minimum absolute atomic E-state index is 0.116. The highest BCUT2D eigenvalue weighted by molar-refractivity contribution is 5.46. The molecular formula is C19H24O4. The summed E-state index contributed by atoms with van der Waals surface area (Å²) in [6.45, 7) is 1.54. The molecule has 1 saturated heterocycles. The van der Waals surface area contributed by atoms with Gasteiger partial charge < -0.3 is 19.3 Å². The van der Waals surface area contributed by atoms with Crippen molar-refractivity contribution in [1.29, 1.82) is 0 Å². The standard InChI is InChI=1S/C19H24O4/c1-21-16-4-5-17-14(12-16)2-3-15(13-20)18(17)6-8-19(9-7-18)22-10-11-23-19/h4-6,8,12,15,20H,2-3,7,9-11,13H2,1H3/t15-,18+/m0/s1. The maximum Gasteiger partial charge on any atom is 0.188 e. The lowest BCUT2D eigenvalue weighted by Crippen LogP contribution is -2.45. The summed E-state index contributed by atoms with van der Waals surface area (Å²) in [6, 6.07) is 6.35. The van der Waals surface area contributed by atoms with E-state index in [0.717, 1.165) is 31.4 Å². The third-order valence-corrected chi connectivity index (χ3v) is 5.82. The van der Waals surface area contributed by atoms with Gasteiger partial charge in [0, 0.05) is 18.4 Å². The average Bonchev–Trinajstić information content (AvgIpc) is 3.06. The molecule has 1 N–H and O–H groups in total. The minimum Gasteiger partial charge on any atom is -0.497 e. The van der Waals surface area contributed by atoms with Crippen molar-refractivity contribution >= 4 is 0 Å². The molecule has 0 saturated carbocycles. The molecule has 2 atom stereocenters. The smallest absolute Gasteiger partial charge is 0.188 e. The summed E-state index contributed by atoms with van der Waals surface area (Å²) in [6.07, 6.45) is 8.10. The molecule has 0 amide bonds. The zero-order valence-electron chi connectivity index (χ0n) is 13.6. The molecule has 0 radical (unpaired) electrons. The van der Waals surface area contributed by atoms with E-state index in [2.05, 4.69) is 24.3 Å². The number of benzene rings is 1. The molecule has 1 fully saturated rings. The van der Waals surface area contributed by atoms with Gasteiger partial charge in [-0.3, -0.25) is 0 Å². The number of aliphatic hydroxyl groups is 1. The zero-order valence-corrected chi connectivity index (χ0v) is 13.6. The van der Waals surface area contributed by atoms with E-state index in [-0.39, 0.29) is 17.9 Å². The molecule has 0 bridgehead atoms. The Bertz CT molecular complexity index is 618. The molecular weight excluding hydrogens is 292 g/mol. The van der Waals surface area contributed by atoms with Crippen molar-refractivity contribution in [3.8, 4) is 5.75 Å². The fourth-order valence-corrected chi connectivity index (χ4v) is 4.52. The second-order valence-electron chi connectivity index (χ2n) is 6.82. The Balaban J connectivity index is 1.77. The molecule has 2 spiro atoms. The van der Waals surface area contributed by atoms with Gasteiger partial charge in [0.1, 0.15) is 5.75 Å². The number of hydrogen-bond donors (Lipinski definition) is 1. The summed E-state index contributed by atoms with van der Waals surface area (Å²) in [5.74, 6) is 0.619. The van der Waals surface area contributed by atoms with Gasteiger partial charge in [-0.2, -0.15) is 0 Å². The van der Waals surface area contributed by atoms with Crippen LogP contribution in [0, 0.1) is 5.92 Å². The maximum absolute atomic E-state index is 9.97. The first-order valence-corrected chi connectivity index (χ1v) is 8.48. The lowest BCUT2D eigenvalue weighted by molar-refractivity contribution is -0.131. The third-order valence-electron chi connectivity index (χ3n) is 5.82. The van der Waals surface area contributed by atoms with Crippen LogP contribution in [0.25, 0.3) is 0 Å². The average molecular weight is 316 g/mol. The molecule has 124 valence electrons. The number of methoxy groups -OCH3 is 1. The van der Waals surface area contributed by atoms with Crippen molar-refractivity contribution in [2.24, 2.45) is 5.92 Å². The van der Waals surface area contributed by atoms with Gasteiger partial charge in [-0.05, 0) is 54.5 Å². The van der Waals surface area contributed by atoms with Crippen LogP contribution in [0.15, 0.2) is 30.4 Å². The van der Waals surface area contributed by atoms with Crippen molar-refractivity contribution in [2.45, 2.75) is 36.9 Å². The predicted molar refractivity (Wildman–Crippen MR) is 86.6 cm³/mol. The molecule has 23 heavy (non-hydrogen) atoms. The zero-order chi connectivity index (χ0) is 15.9. The van der Waals surface area contributed by atoms with Crippen LogP contribution in [-0.4, -0.2) is 37.8 Å². The topological polar surface area (TPSA) is 47.9 Å². The summed E-state index contributed by atoms with van der Waals surface area (Å²) in [5, 5.41) is 9.97. The van der Waals surface area contributed by atoms with Gasteiger partial charge in [0.05, 0.1) is 20.3 Å². The van der Waals surface area contributed by atoms with Gasteiger partial charge in [0.15, 0.2) is 5.79 Å². The Hall–Kier alpha value is -1.36. The molecule has 1 aromatic rings. The number of allylic oxidation sites excluding steroid dienone is 1. The first-order chi connectivity index (χ1) is 11.2. The first-order valence-electron chi connectivity index (χ1n) is 8.48. The summed E-state index contributed by atoms with van der Waals surface area (Å²) in [4.78, 5) is 0. The molecule has 0 aromatic heterocycles. The van der Waals surface area contributed by atoms with Gasteiger partial charge in [0.2, 0.25) is 0 Å². The third kappa shape index (κ3) is 2.32. The van der Waals surface area contributed by atoms with E-state index in [4.69, 9.17) is 14.2 Å². The van der Waals surface area contributed by atoms with E-state index >= 15 is 0 Å². The summed E-state index contributed by atoms with van der Waals surface area (Å²) in [5.41, 5.74) is 2.55. The van der Waals surface area contributed by atoms with Crippen LogP contribution < -0.4 is 4.74 Å². The fraction of sp³-hybridized carbons (Fsp3) is 0.579. The van der Waals surface area contributed by atoms with Crippen molar-refractivity contribution < 1.29 is 19.3 Å². The minimum atomic E-state index is -0.532. The van der Waals surface area contributed by atoms with E-state index in [0.29, 0.717) is 13.2 Å². The van der Waals surface area contributed by atoms with Gasteiger partial charge in [-0.15, -0.1) is 0 Å². The Morgan fingerprint density at radius 1 is 1.22 bits per heavy atom. The number of aryl methyl sites for hydroxylation is 1. The number of rotatable bonds is 2. The highest BCUT2D eigenvalue weighted by Crippen LogP contribution is 2.51. The monoisotopic (exact) mass is 316 g/mol. The molecule has 1 aliphatic heterocycles. The van der Waals surface area contributed by atoms with Gasteiger partial charge >= 0.3 is 0 Å². The quantitative estimate of drug-likeness (QED) is 0.852. The summed E-state index contributed by atoms with van der Waals surface area (Å²) < 4.78 is 17.0. The van der Waals surface area contributed by atoms with Crippen molar-refractivity contribution in [3.63, 3.8) is 0 Å². The lowest BCUT2D eigenvalue weighted by atomic mass is 9.59. The molecule has 1 heterocycles. The van der Waals surface area contributed by atoms with Crippen LogP contribution in [0.3, 0.4) is 0 Å². The predicted octanol–water partition coefficient (Wildman–Crippen LogP) is 2.58. The van der Waals surface area contributed by atoms with Crippen LogP contribution >= 0.6 is 0 Å². The lowest BCUT2D eigenvalue weighted by Gasteiger charge is -2.47. The summed E-state index contributed by atoms with van der Waals surface area (Å²) in [7, 11) is 1.70. The van der Waals surface area contributed by atoms with Crippen molar-refractivity contribution in [2.75, 3.05) is 26.9 Å². The highest BCUT2D eigenvalue weighted by Gasteiger charge is 2.48.